The standard InChI is InChI=1S/C21H19N7O3/c1-31-17-10-13(6-7-16(17)27-21(30)28-18-11-22-8-9-23-18)20(29)24-12-19-25-14-4-2-3-5-15(14)26-19/h2-11H,12H2,1H3,(H,24,29)(H,25,26)(H2,23,27,28,30). The first kappa shape index (κ1) is 19.8. The smallest absolute Gasteiger partial charge is 0.324 e. The summed E-state index contributed by atoms with van der Waals surface area (Å²) < 4.78 is 5.32. The molecule has 156 valence electrons. The number of urea groups is 1. The number of carbonyl (C=O) groups is 2. The van der Waals surface area contributed by atoms with E-state index in [2.05, 4.69) is 35.9 Å². The van der Waals surface area contributed by atoms with Gasteiger partial charge in [0, 0.05) is 18.0 Å². The minimum Gasteiger partial charge on any atom is -0.495 e. The van der Waals surface area contributed by atoms with Crippen LogP contribution in [0.25, 0.3) is 11.0 Å². The maximum atomic E-state index is 12.6. The van der Waals surface area contributed by atoms with Gasteiger partial charge in [-0.15, -0.1) is 0 Å². The average Bonchev–Trinajstić information content (AvgIpc) is 3.21. The van der Waals surface area contributed by atoms with Crippen LogP contribution in [-0.4, -0.2) is 39.0 Å². The molecule has 0 saturated carbocycles. The van der Waals surface area contributed by atoms with Gasteiger partial charge < -0.3 is 20.4 Å². The summed E-state index contributed by atoms with van der Waals surface area (Å²) in [5.74, 6) is 1.00. The molecule has 0 radical (unpaired) electrons. The lowest BCUT2D eigenvalue weighted by Gasteiger charge is -2.12. The molecule has 3 amide bonds. The Balaban J connectivity index is 1.40. The van der Waals surface area contributed by atoms with Crippen molar-refractivity contribution in [2.24, 2.45) is 0 Å². The molecule has 0 aliphatic heterocycles. The minimum atomic E-state index is -0.513. The largest absolute Gasteiger partial charge is 0.495 e. The van der Waals surface area contributed by atoms with Gasteiger partial charge in [-0.3, -0.25) is 15.1 Å². The Bertz CT molecular complexity index is 1190. The van der Waals surface area contributed by atoms with Crippen molar-refractivity contribution in [3.05, 3.63) is 72.4 Å². The number of fused-ring (bicyclic) bond motifs is 1. The van der Waals surface area contributed by atoms with Crippen LogP contribution < -0.4 is 20.7 Å². The summed E-state index contributed by atoms with van der Waals surface area (Å²) in [7, 11) is 1.46. The number of methoxy groups -OCH3 is 1. The molecule has 31 heavy (non-hydrogen) atoms. The van der Waals surface area contributed by atoms with Crippen LogP contribution >= 0.6 is 0 Å². The first-order valence-electron chi connectivity index (χ1n) is 9.36. The molecule has 2 heterocycles. The zero-order valence-corrected chi connectivity index (χ0v) is 16.5. The first-order chi connectivity index (χ1) is 15.1. The molecule has 0 bridgehead atoms. The second-order valence-corrected chi connectivity index (χ2v) is 6.47. The molecule has 0 aliphatic rings. The van der Waals surface area contributed by atoms with E-state index in [1.807, 2.05) is 24.3 Å². The normalized spacial score (nSPS) is 10.5. The number of imidazole rings is 1. The van der Waals surface area contributed by atoms with E-state index in [9.17, 15) is 9.59 Å². The lowest BCUT2D eigenvalue weighted by Crippen LogP contribution is -2.24. The van der Waals surface area contributed by atoms with Crippen LogP contribution in [0.5, 0.6) is 5.75 Å². The number of anilines is 2. The molecule has 10 heteroatoms. The van der Waals surface area contributed by atoms with Gasteiger partial charge in [0.2, 0.25) is 0 Å². The first-order valence-corrected chi connectivity index (χ1v) is 9.36. The number of amides is 3. The second kappa shape index (κ2) is 8.91. The highest BCUT2D eigenvalue weighted by Gasteiger charge is 2.13. The molecule has 0 aliphatic carbocycles. The number of benzene rings is 2. The predicted molar refractivity (Wildman–Crippen MR) is 115 cm³/mol. The molecule has 4 rings (SSSR count). The number of hydrogen-bond acceptors (Lipinski definition) is 6. The Kier molecular flexibility index (Phi) is 5.70. The lowest BCUT2D eigenvalue weighted by molar-refractivity contribution is 0.0949. The quantitative estimate of drug-likeness (QED) is 0.381. The minimum absolute atomic E-state index is 0.246. The van der Waals surface area contributed by atoms with Gasteiger partial charge in [-0.05, 0) is 30.3 Å². The predicted octanol–water partition coefficient (Wildman–Crippen LogP) is 2.94. The zero-order valence-electron chi connectivity index (χ0n) is 16.5. The van der Waals surface area contributed by atoms with Crippen molar-refractivity contribution in [3.8, 4) is 5.75 Å². The maximum Gasteiger partial charge on any atom is 0.324 e. The van der Waals surface area contributed by atoms with Crippen molar-refractivity contribution >= 4 is 34.5 Å². The molecule has 0 atom stereocenters. The summed E-state index contributed by atoms with van der Waals surface area (Å²) in [6.07, 6.45) is 4.39. The van der Waals surface area contributed by atoms with Crippen LogP contribution in [0.3, 0.4) is 0 Å². The van der Waals surface area contributed by atoms with Gasteiger partial charge >= 0.3 is 6.03 Å². The van der Waals surface area contributed by atoms with Crippen molar-refractivity contribution in [1.29, 1.82) is 0 Å². The molecule has 0 fully saturated rings. The maximum absolute atomic E-state index is 12.6. The Morgan fingerprint density at radius 3 is 2.74 bits per heavy atom. The number of aromatic amines is 1. The van der Waals surface area contributed by atoms with E-state index in [1.165, 1.54) is 25.7 Å². The number of H-pyrrole nitrogens is 1. The monoisotopic (exact) mass is 417 g/mol. The van der Waals surface area contributed by atoms with E-state index in [1.54, 1.807) is 18.2 Å². The van der Waals surface area contributed by atoms with Gasteiger partial charge in [-0.2, -0.15) is 0 Å². The summed E-state index contributed by atoms with van der Waals surface area (Å²) in [6.45, 7) is 0.246. The molecular formula is C21H19N7O3. The summed E-state index contributed by atoms with van der Waals surface area (Å²) in [5, 5.41) is 8.04. The Morgan fingerprint density at radius 1 is 1.10 bits per heavy atom. The topological polar surface area (TPSA) is 134 Å². The number of hydrogen-bond donors (Lipinski definition) is 4. The molecule has 0 spiro atoms. The summed E-state index contributed by atoms with van der Waals surface area (Å²) in [6, 6.07) is 11.9. The van der Waals surface area contributed by atoms with Crippen LogP contribution in [0.15, 0.2) is 61.1 Å². The fourth-order valence-electron chi connectivity index (χ4n) is 2.92. The number of carbonyl (C=O) groups excluding carboxylic acids is 2. The van der Waals surface area contributed by atoms with Gasteiger partial charge in [0.15, 0.2) is 5.82 Å². The van der Waals surface area contributed by atoms with Gasteiger partial charge in [0.25, 0.3) is 5.91 Å². The molecule has 10 nitrogen and oxygen atoms in total. The highest BCUT2D eigenvalue weighted by Crippen LogP contribution is 2.26. The van der Waals surface area contributed by atoms with E-state index in [0.29, 0.717) is 28.6 Å². The fourth-order valence-corrected chi connectivity index (χ4v) is 2.92. The number of ether oxygens (including phenoxy) is 1. The number of para-hydroxylation sites is 2. The van der Waals surface area contributed by atoms with E-state index < -0.39 is 6.03 Å². The number of nitrogens with one attached hydrogen (secondary N) is 4. The zero-order chi connectivity index (χ0) is 21.6. The number of nitrogens with zero attached hydrogens (tertiary/aromatic N) is 3. The van der Waals surface area contributed by atoms with Gasteiger partial charge in [-0.1, -0.05) is 12.1 Å². The highest BCUT2D eigenvalue weighted by molar-refractivity contribution is 6.01. The summed E-state index contributed by atoms with van der Waals surface area (Å²) in [5.41, 5.74) is 2.53. The van der Waals surface area contributed by atoms with Crippen LogP contribution in [0.1, 0.15) is 16.2 Å². The van der Waals surface area contributed by atoms with E-state index in [-0.39, 0.29) is 12.5 Å². The third-order valence-corrected chi connectivity index (χ3v) is 4.37. The summed E-state index contributed by atoms with van der Waals surface area (Å²) >= 11 is 0. The highest BCUT2D eigenvalue weighted by atomic mass is 16.5. The fraction of sp³-hybridized carbons (Fsp3) is 0.0952. The SMILES string of the molecule is COc1cc(C(=O)NCc2nc3ccccc3[nH]2)ccc1NC(=O)Nc1cnccn1. The van der Waals surface area contributed by atoms with E-state index >= 15 is 0 Å². The van der Waals surface area contributed by atoms with Crippen molar-refractivity contribution in [2.75, 3.05) is 17.7 Å². The van der Waals surface area contributed by atoms with Crippen LogP contribution in [-0.2, 0) is 6.54 Å². The van der Waals surface area contributed by atoms with Gasteiger partial charge in [0.05, 0.1) is 36.6 Å². The third kappa shape index (κ3) is 4.75. The van der Waals surface area contributed by atoms with Gasteiger partial charge in [-0.25, -0.2) is 14.8 Å². The van der Waals surface area contributed by atoms with Gasteiger partial charge in [0.1, 0.15) is 11.6 Å². The Morgan fingerprint density at radius 2 is 1.97 bits per heavy atom. The second-order valence-electron chi connectivity index (χ2n) is 6.47. The molecule has 4 aromatic rings. The van der Waals surface area contributed by atoms with Crippen LogP contribution in [0.4, 0.5) is 16.3 Å². The summed E-state index contributed by atoms with van der Waals surface area (Å²) in [4.78, 5) is 40.2. The number of rotatable bonds is 6. The van der Waals surface area contributed by atoms with Crippen molar-refractivity contribution in [3.63, 3.8) is 0 Å². The van der Waals surface area contributed by atoms with Crippen molar-refractivity contribution in [2.45, 2.75) is 6.54 Å². The van der Waals surface area contributed by atoms with Crippen LogP contribution in [0, 0.1) is 0 Å². The van der Waals surface area contributed by atoms with Crippen molar-refractivity contribution < 1.29 is 14.3 Å². The van der Waals surface area contributed by atoms with E-state index in [4.69, 9.17) is 4.74 Å². The van der Waals surface area contributed by atoms with Crippen molar-refractivity contribution in [1.82, 2.24) is 25.3 Å². The molecule has 0 unspecified atom stereocenters. The third-order valence-electron chi connectivity index (χ3n) is 4.37. The molecular weight excluding hydrogens is 398 g/mol. The van der Waals surface area contributed by atoms with Crippen LogP contribution in [0.2, 0.25) is 0 Å². The molecule has 4 N–H and O–H groups in total. The number of aromatic nitrogens is 4. The Hall–Kier alpha value is -4.47. The average molecular weight is 417 g/mol. The molecule has 0 saturated heterocycles. The Labute approximate surface area is 177 Å². The molecule has 2 aromatic carbocycles. The lowest BCUT2D eigenvalue weighted by atomic mass is 10.1. The molecule has 2 aromatic heterocycles. The van der Waals surface area contributed by atoms with E-state index in [0.717, 1.165) is 11.0 Å².